The van der Waals surface area contributed by atoms with E-state index in [0.29, 0.717) is 28.0 Å². The van der Waals surface area contributed by atoms with Gasteiger partial charge >= 0.3 is 0 Å². The van der Waals surface area contributed by atoms with Crippen molar-refractivity contribution in [2.75, 3.05) is 19.5 Å². The van der Waals surface area contributed by atoms with Gasteiger partial charge in [0.25, 0.3) is 5.91 Å². The number of hydrogen-bond donors (Lipinski definition) is 2. The molecule has 1 aromatic carbocycles. The van der Waals surface area contributed by atoms with Crippen LogP contribution in [0.15, 0.2) is 54.2 Å². The van der Waals surface area contributed by atoms with Crippen molar-refractivity contribution in [1.29, 1.82) is 0 Å². The van der Waals surface area contributed by atoms with E-state index in [2.05, 4.69) is 25.5 Å². The topological polar surface area (TPSA) is 102 Å². The van der Waals surface area contributed by atoms with Gasteiger partial charge in [0.1, 0.15) is 5.69 Å². The Kier molecular flexibility index (Phi) is 5.21. The van der Waals surface area contributed by atoms with Crippen LogP contribution in [-0.4, -0.2) is 40.3 Å². The lowest BCUT2D eigenvalue weighted by molar-refractivity contribution is 0.102. The highest BCUT2D eigenvalue weighted by Gasteiger charge is 2.15. The molecule has 0 bridgehead atoms. The quantitative estimate of drug-likeness (QED) is 0.503. The molecule has 0 aliphatic heterocycles. The minimum atomic E-state index is -0.320. The molecule has 0 atom stereocenters. The lowest BCUT2D eigenvalue weighted by atomic mass is 10.1. The van der Waals surface area contributed by atoms with E-state index in [1.54, 1.807) is 44.8 Å². The minimum absolute atomic E-state index is 0.320. The zero-order chi connectivity index (χ0) is 20.2. The first-order chi connectivity index (χ1) is 14.2. The van der Waals surface area contributed by atoms with Crippen molar-refractivity contribution in [2.45, 2.75) is 0 Å². The Labute approximate surface area is 170 Å². The van der Waals surface area contributed by atoms with Gasteiger partial charge < -0.3 is 9.47 Å². The highest BCUT2D eigenvalue weighted by molar-refractivity contribution is 7.14. The van der Waals surface area contributed by atoms with Gasteiger partial charge in [0.2, 0.25) is 0 Å². The van der Waals surface area contributed by atoms with Crippen LogP contribution in [-0.2, 0) is 0 Å². The number of benzene rings is 1. The molecule has 3 heterocycles. The van der Waals surface area contributed by atoms with Crippen LogP contribution in [0.3, 0.4) is 0 Å². The van der Waals surface area contributed by atoms with Crippen LogP contribution in [0.25, 0.3) is 22.5 Å². The monoisotopic (exact) mass is 407 g/mol. The van der Waals surface area contributed by atoms with E-state index in [0.717, 1.165) is 16.8 Å². The van der Waals surface area contributed by atoms with E-state index in [-0.39, 0.29) is 5.91 Å². The smallest absolute Gasteiger partial charge is 0.275 e. The van der Waals surface area contributed by atoms with E-state index in [9.17, 15) is 4.79 Å². The summed E-state index contributed by atoms with van der Waals surface area (Å²) in [5, 5.41) is 12.2. The molecule has 0 radical (unpaired) electrons. The molecule has 146 valence electrons. The van der Waals surface area contributed by atoms with Gasteiger partial charge in [-0.25, -0.2) is 4.98 Å². The van der Waals surface area contributed by atoms with Crippen molar-refractivity contribution < 1.29 is 14.3 Å². The average molecular weight is 407 g/mol. The first-order valence-corrected chi connectivity index (χ1v) is 9.51. The highest BCUT2D eigenvalue weighted by Crippen LogP contribution is 2.32. The van der Waals surface area contributed by atoms with Crippen molar-refractivity contribution in [1.82, 2.24) is 20.2 Å². The van der Waals surface area contributed by atoms with Crippen molar-refractivity contribution in [2.24, 2.45) is 0 Å². The number of carbonyl (C=O) groups excluding carboxylic acids is 1. The number of amides is 1. The molecule has 0 unspecified atom stereocenters. The zero-order valence-corrected chi connectivity index (χ0v) is 16.5. The van der Waals surface area contributed by atoms with Crippen LogP contribution >= 0.6 is 11.3 Å². The van der Waals surface area contributed by atoms with Crippen LogP contribution in [0.4, 0.5) is 5.13 Å². The van der Waals surface area contributed by atoms with Crippen LogP contribution in [0.5, 0.6) is 11.5 Å². The number of aromatic amines is 1. The number of methoxy groups -OCH3 is 2. The van der Waals surface area contributed by atoms with Gasteiger partial charge in [0, 0.05) is 28.9 Å². The predicted octanol–water partition coefficient (Wildman–Crippen LogP) is 3.86. The van der Waals surface area contributed by atoms with E-state index < -0.39 is 0 Å². The molecular weight excluding hydrogens is 390 g/mol. The molecule has 4 rings (SSSR count). The Morgan fingerprint density at radius 3 is 2.55 bits per heavy atom. The van der Waals surface area contributed by atoms with Crippen molar-refractivity contribution >= 4 is 22.4 Å². The second-order valence-electron chi connectivity index (χ2n) is 5.96. The molecule has 4 aromatic rings. The number of nitrogens with one attached hydrogen (secondary N) is 2. The van der Waals surface area contributed by atoms with Crippen LogP contribution < -0.4 is 14.8 Å². The van der Waals surface area contributed by atoms with Gasteiger partial charge in [-0.1, -0.05) is 0 Å². The summed E-state index contributed by atoms with van der Waals surface area (Å²) < 4.78 is 10.6. The Hall–Kier alpha value is -3.72. The van der Waals surface area contributed by atoms with Gasteiger partial charge in [-0.2, -0.15) is 5.10 Å². The number of nitrogens with zero attached hydrogens (tertiary/aromatic N) is 3. The average Bonchev–Trinajstić information content (AvgIpc) is 3.44. The fraction of sp³-hybridized carbons (Fsp3) is 0.100. The first kappa shape index (κ1) is 18.6. The maximum absolute atomic E-state index is 12.6. The lowest BCUT2D eigenvalue weighted by Gasteiger charge is -2.08. The maximum atomic E-state index is 12.6. The third kappa shape index (κ3) is 3.94. The third-order valence-electron chi connectivity index (χ3n) is 4.20. The Morgan fingerprint density at radius 2 is 1.79 bits per heavy atom. The molecule has 8 nitrogen and oxygen atoms in total. The van der Waals surface area contributed by atoms with E-state index in [4.69, 9.17) is 9.47 Å². The van der Waals surface area contributed by atoms with Crippen molar-refractivity contribution in [3.05, 3.63) is 59.9 Å². The van der Waals surface area contributed by atoms with Crippen LogP contribution in [0.2, 0.25) is 0 Å². The summed E-state index contributed by atoms with van der Waals surface area (Å²) in [6.45, 7) is 0. The lowest BCUT2D eigenvalue weighted by Crippen LogP contribution is -2.12. The second kappa shape index (κ2) is 8.11. The molecule has 0 spiro atoms. The number of rotatable bonds is 6. The van der Waals surface area contributed by atoms with Crippen LogP contribution in [0.1, 0.15) is 10.5 Å². The van der Waals surface area contributed by atoms with Crippen molar-refractivity contribution in [3.63, 3.8) is 0 Å². The number of H-pyrrole nitrogens is 1. The number of thiazole rings is 1. The molecule has 2 N–H and O–H groups in total. The molecule has 0 fully saturated rings. The van der Waals surface area contributed by atoms with Crippen LogP contribution in [0, 0.1) is 0 Å². The Balaban J connectivity index is 1.50. The fourth-order valence-electron chi connectivity index (χ4n) is 2.73. The second-order valence-corrected chi connectivity index (χ2v) is 6.82. The standard InChI is InChI=1S/C20H17N5O3S/c1-27-17-4-3-13(9-18(17)28-2)14-10-15(25-24-14)19(26)23-20-22-16(11-29-20)12-5-7-21-8-6-12/h3-11H,1-2H3,(H,24,25)(H,22,23,26). The van der Waals surface area contributed by atoms with Gasteiger partial charge in [0.15, 0.2) is 16.6 Å². The number of ether oxygens (including phenoxy) is 2. The number of anilines is 1. The molecule has 9 heteroatoms. The summed E-state index contributed by atoms with van der Waals surface area (Å²) in [6, 6.07) is 10.8. The molecule has 0 saturated heterocycles. The van der Waals surface area contributed by atoms with E-state index >= 15 is 0 Å². The van der Waals surface area contributed by atoms with Gasteiger partial charge in [0.05, 0.1) is 25.6 Å². The first-order valence-electron chi connectivity index (χ1n) is 8.63. The summed E-state index contributed by atoms with van der Waals surface area (Å²) in [6.07, 6.45) is 3.40. The zero-order valence-electron chi connectivity index (χ0n) is 15.7. The molecule has 0 aliphatic carbocycles. The molecule has 0 saturated carbocycles. The Morgan fingerprint density at radius 1 is 1.00 bits per heavy atom. The molecule has 29 heavy (non-hydrogen) atoms. The number of aromatic nitrogens is 4. The third-order valence-corrected chi connectivity index (χ3v) is 4.96. The Bertz CT molecular complexity index is 1140. The summed E-state index contributed by atoms with van der Waals surface area (Å²) >= 11 is 1.35. The molecule has 0 aliphatic rings. The summed E-state index contributed by atoms with van der Waals surface area (Å²) in [4.78, 5) is 21.0. The molecular formula is C20H17N5O3S. The largest absolute Gasteiger partial charge is 0.493 e. The van der Waals surface area contributed by atoms with E-state index in [1.165, 1.54) is 11.3 Å². The number of hydrogen-bond acceptors (Lipinski definition) is 7. The summed E-state index contributed by atoms with van der Waals surface area (Å²) in [5.74, 6) is 0.892. The van der Waals surface area contributed by atoms with Gasteiger partial charge in [-0.3, -0.25) is 20.2 Å². The number of carbonyl (C=O) groups is 1. The molecule has 1 amide bonds. The predicted molar refractivity (Wildman–Crippen MR) is 110 cm³/mol. The minimum Gasteiger partial charge on any atom is -0.493 e. The summed E-state index contributed by atoms with van der Waals surface area (Å²) in [7, 11) is 3.15. The molecule has 3 aromatic heterocycles. The van der Waals surface area contributed by atoms with Crippen molar-refractivity contribution in [3.8, 4) is 34.0 Å². The van der Waals surface area contributed by atoms with Gasteiger partial charge in [-0.05, 0) is 36.4 Å². The highest BCUT2D eigenvalue weighted by atomic mass is 32.1. The SMILES string of the molecule is COc1ccc(-c2cc(C(=O)Nc3nc(-c4ccncc4)cs3)[nH]n2)cc1OC. The normalized spacial score (nSPS) is 10.6. The fourth-order valence-corrected chi connectivity index (χ4v) is 3.45. The number of pyridine rings is 1. The van der Waals surface area contributed by atoms with Gasteiger partial charge in [-0.15, -0.1) is 11.3 Å². The maximum Gasteiger partial charge on any atom is 0.275 e. The van der Waals surface area contributed by atoms with E-state index in [1.807, 2.05) is 23.6 Å². The summed E-state index contributed by atoms with van der Waals surface area (Å²) in [5.41, 5.74) is 3.47.